The van der Waals surface area contributed by atoms with Gasteiger partial charge in [0.25, 0.3) is 0 Å². The standard InChI is InChI=1S/C28H34F3N5O2/c1-7-17(2)36-16-28(3,4)38-26-21(30)12-18(13-23(26)36)25-22(31)15-32-27(34-25)33-19-8-9-24(20(29)14-19)37-11-10-35(5)6/h8-9,12-15,17H,7,10-11,16H2,1-6H3,(H,32,33,34). The maximum absolute atomic E-state index is 15.3. The third kappa shape index (κ3) is 6.12. The lowest BCUT2D eigenvalue weighted by molar-refractivity contribution is 0.0960. The van der Waals surface area contributed by atoms with E-state index >= 15 is 4.39 Å². The summed E-state index contributed by atoms with van der Waals surface area (Å²) < 4.78 is 56.2. The first-order valence-electron chi connectivity index (χ1n) is 12.6. The van der Waals surface area contributed by atoms with Crippen molar-refractivity contribution < 1.29 is 22.6 Å². The molecule has 1 aliphatic heterocycles. The van der Waals surface area contributed by atoms with Crippen molar-refractivity contribution in [3.05, 3.63) is 54.0 Å². The van der Waals surface area contributed by atoms with Gasteiger partial charge in [0.05, 0.1) is 18.4 Å². The molecule has 7 nitrogen and oxygen atoms in total. The molecule has 0 saturated carbocycles. The average Bonchev–Trinajstić information content (AvgIpc) is 2.85. The molecule has 0 saturated heterocycles. The number of nitrogens with zero attached hydrogens (tertiary/aromatic N) is 4. The molecule has 0 aliphatic carbocycles. The number of likely N-dealkylation sites (N-methyl/N-ethyl adjacent to an activating group) is 1. The maximum Gasteiger partial charge on any atom is 0.227 e. The summed E-state index contributed by atoms with van der Waals surface area (Å²) >= 11 is 0. The van der Waals surface area contributed by atoms with E-state index in [0.717, 1.165) is 12.6 Å². The molecule has 0 spiro atoms. The number of fused-ring (bicyclic) bond motifs is 1. The van der Waals surface area contributed by atoms with Gasteiger partial charge in [0.2, 0.25) is 5.95 Å². The Morgan fingerprint density at radius 1 is 1.13 bits per heavy atom. The number of anilines is 3. The summed E-state index contributed by atoms with van der Waals surface area (Å²) in [7, 11) is 3.80. The molecule has 2 heterocycles. The van der Waals surface area contributed by atoms with Gasteiger partial charge in [-0.2, -0.15) is 0 Å². The molecule has 0 bridgehead atoms. The maximum atomic E-state index is 15.3. The highest BCUT2D eigenvalue weighted by molar-refractivity contribution is 5.73. The third-order valence-electron chi connectivity index (χ3n) is 6.39. The monoisotopic (exact) mass is 529 g/mol. The SMILES string of the molecule is CCC(C)N1CC(C)(C)Oc2c(F)cc(-c3nc(Nc4ccc(OCCN(C)C)c(F)c4)ncc3F)cc21. The Morgan fingerprint density at radius 2 is 1.89 bits per heavy atom. The number of rotatable bonds is 9. The zero-order valence-electron chi connectivity index (χ0n) is 22.6. The van der Waals surface area contributed by atoms with Crippen molar-refractivity contribution in [1.29, 1.82) is 0 Å². The van der Waals surface area contributed by atoms with Gasteiger partial charge in [0.1, 0.15) is 17.9 Å². The molecule has 3 aromatic rings. The fourth-order valence-electron chi connectivity index (χ4n) is 4.24. The van der Waals surface area contributed by atoms with Crippen LogP contribution in [0, 0.1) is 17.5 Å². The number of nitrogens with one attached hydrogen (secondary N) is 1. The fraction of sp³-hybridized carbons (Fsp3) is 0.429. The van der Waals surface area contributed by atoms with Gasteiger partial charge < -0.3 is 24.6 Å². The largest absolute Gasteiger partial charge is 0.489 e. The molecule has 4 rings (SSSR count). The second-order valence-corrected chi connectivity index (χ2v) is 10.4. The van der Waals surface area contributed by atoms with Crippen LogP contribution in [-0.4, -0.2) is 60.3 Å². The molecular formula is C28H34F3N5O2. The van der Waals surface area contributed by atoms with Crippen molar-refractivity contribution in [2.24, 2.45) is 0 Å². The number of ether oxygens (including phenoxy) is 2. The molecule has 2 aromatic carbocycles. The number of hydrogen-bond donors (Lipinski definition) is 1. The van der Waals surface area contributed by atoms with Gasteiger partial charge in [-0.3, -0.25) is 0 Å². The van der Waals surface area contributed by atoms with Crippen molar-refractivity contribution in [3.63, 3.8) is 0 Å². The zero-order chi connectivity index (χ0) is 27.6. The Balaban J connectivity index is 1.62. The van der Waals surface area contributed by atoms with Crippen molar-refractivity contribution >= 4 is 17.3 Å². The zero-order valence-corrected chi connectivity index (χ0v) is 22.6. The Labute approximate surface area is 221 Å². The molecule has 10 heteroatoms. The summed E-state index contributed by atoms with van der Waals surface area (Å²) in [4.78, 5) is 12.3. The molecule has 1 aromatic heterocycles. The lowest BCUT2D eigenvalue weighted by Crippen LogP contribution is -2.50. The van der Waals surface area contributed by atoms with E-state index in [4.69, 9.17) is 9.47 Å². The molecule has 1 N–H and O–H groups in total. The lowest BCUT2D eigenvalue weighted by atomic mass is 10.00. The normalized spacial score (nSPS) is 15.2. The Bertz CT molecular complexity index is 1300. The summed E-state index contributed by atoms with van der Waals surface area (Å²) in [5, 5.41) is 2.89. The summed E-state index contributed by atoms with van der Waals surface area (Å²) in [6.07, 6.45) is 1.84. The lowest BCUT2D eigenvalue weighted by Gasteiger charge is -2.44. The van der Waals surface area contributed by atoms with Crippen LogP contribution in [0.5, 0.6) is 11.5 Å². The van der Waals surface area contributed by atoms with Crippen LogP contribution in [0.15, 0.2) is 36.5 Å². The first-order chi connectivity index (χ1) is 18.0. The first kappa shape index (κ1) is 27.5. The Kier molecular flexibility index (Phi) is 8.01. The second-order valence-electron chi connectivity index (χ2n) is 10.4. The first-order valence-corrected chi connectivity index (χ1v) is 12.6. The van der Waals surface area contributed by atoms with E-state index in [-0.39, 0.29) is 34.7 Å². The average molecular weight is 530 g/mol. The van der Waals surface area contributed by atoms with E-state index in [1.54, 1.807) is 12.1 Å². The van der Waals surface area contributed by atoms with Crippen LogP contribution < -0.4 is 19.7 Å². The summed E-state index contributed by atoms with van der Waals surface area (Å²) in [6, 6.07) is 7.38. The topological polar surface area (TPSA) is 62.8 Å². The van der Waals surface area contributed by atoms with Crippen LogP contribution in [-0.2, 0) is 0 Å². The van der Waals surface area contributed by atoms with Crippen LogP contribution in [0.2, 0.25) is 0 Å². The van der Waals surface area contributed by atoms with Crippen molar-refractivity contribution in [2.45, 2.75) is 45.8 Å². The predicted octanol–water partition coefficient (Wildman–Crippen LogP) is 6.02. The van der Waals surface area contributed by atoms with Gasteiger partial charge in [0.15, 0.2) is 29.0 Å². The molecule has 1 aliphatic rings. The summed E-state index contributed by atoms with van der Waals surface area (Å²) in [5.74, 6) is -1.56. The van der Waals surface area contributed by atoms with E-state index in [1.165, 1.54) is 18.2 Å². The number of halogens is 3. The molecule has 38 heavy (non-hydrogen) atoms. The van der Waals surface area contributed by atoms with E-state index in [0.29, 0.717) is 31.1 Å². The minimum absolute atomic E-state index is 0.0383. The molecule has 1 unspecified atom stereocenters. The van der Waals surface area contributed by atoms with Gasteiger partial charge in [-0.25, -0.2) is 23.1 Å². The van der Waals surface area contributed by atoms with Crippen LogP contribution in [0.4, 0.5) is 30.5 Å². The number of aromatic nitrogens is 2. The minimum atomic E-state index is -0.710. The highest BCUT2D eigenvalue weighted by Crippen LogP contribution is 2.43. The van der Waals surface area contributed by atoms with Gasteiger partial charge in [-0.1, -0.05) is 6.92 Å². The highest BCUT2D eigenvalue weighted by atomic mass is 19.1. The fourth-order valence-corrected chi connectivity index (χ4v) is 4.24. The molecule has 1 atom stereocenters. The van der Waals surface area contributed by atoms with Gasteiger partial charge in [-0.15, -0.1) is 0 Å². The quantitative estimate of drug-likeness (QED) is 0.364. The molecule has 204 valence electrons. The summed E-state index contributed by atoms with van der Waals surface area (Å²) in [5.41, 5.74) is 0.486. The third-order valence-corrected chi connectivity index (χ3v) is 6.39. The van der Waals surface area contributed by atoms with E-state index in [9.17, 15) is 8.78 Å². The molecule has 0 amide bonds. The molecular weight excluding hydrogens is 495 g/mol. The van der Waals surface area contributed by atoms with Crippen LogP contribution >= 0.6 is 0 Å². The van der Waals surface area contributed by atoms with E-state index in [2.05, 4.69) is 34.0 Å². The Hall–Kier alpha value is -3.53. The number of hydrogen-bond acceptors (Lipinski definition) is 7. The Morgan fingerprint density at radius 3 is 2.58 bits per heavy atom. The van der Waals surface area contributed by atoms with Crippen molar-refractivity contribution in [2.75, 3.05) is 44.0 Å². The molecule has 0 radical (unpaired) electrons. The summed E-state index contributed by atoms with van der Waals surface area (Å²) in [6.45, 7) is 9.47. The highest BCUT2D eigenvalue weighted by Gasteiger charge is 2.36. The second kappa shape index (κ2) is 11.1. The number of benzene rings is 2. The van der Waals surface area contributed by atoms with Crippen LogP contribution in [0.1, 0.15) is 34.1 Å². The van der Waals surface area contributed by atoms with E-state index in [1.807, 2.05) is 32.8 Å². The van der Waals surface area contributed by atoms with Crippen LogP contribution in [0.3, 0.4) is 0 Å². The van der Waals surface area contributed by atoms with Crippen molar-refractivity contribution in [3.8, 4) is 22.8 Å². The van der Waals surface area contributed by atoms with Gasteiger partial charge >= 0.3 is 0 Å². The molecule has 0 fully saturated rings. The van der Waals surface area contributed by atoms with Crippen LogP contribution in [0.25, 0.3) is 11.3 Å². The predicted molar refractivity (Wildman–Crippen MR) is 143 cm³/mol. The smallest absolute Gasteiger partial charge is 0.227 e. The van der Waals surface area contributed by atoms with E-state index < -0.39 is 23.1 Å². The van der Waals surface area contributed by atoms with Gasteiger partial charge in [0, 0.05) is 29.9 Å². The van der Waals surface area contributed by atoms with Gasteiger partial charge in [-0.05, 0) is 65.6 Å². The van der Waals surface area contributed by atoms with Crippen molar-refractivity contribution in [1.82, 2.24) is 14.9 Å². The minimum Gasteiger partial charge on any atom is -0.489 e.